The molecule has 8 heteroatoms. The first-order valence-corrected chi connectivity index (χ1v) is 8.38. The van der Waals surface area contributed by atoms with Crippen LogP contribution < -0.4 is 0 Å². The number of ketones is 1. The monoisotopic (exact) mass is 338 g/mol. The lowest BCUT2D eigenvalue weighted by Crippen LogP contribution is -2.17. The normalized spacial score (nSPS) is 17.8. The first-order chi connectivity index (χ1) is 10.7. The zero-order valence-electron chi connectivity index (χ0n) is 11.8. The molecule has 6 nitrogen and oxygen atoms in total. The van der Waals surface area contributed by atoms with Crippen LogP contribution in [0.15, 0.2) is 29.4 Å². The summed E-state index contributed by atoms with van der Waals surface area (Å²) in [5.41, 5.74) is 0.634. The number of aromatic nitrogens is 4. The van der Waals surface area contributed by atoms with E-state index in [-0.39, 0.29) is 17.6 Å². The van der Waals surface area contributed by atoms with Gasteiger partial charge >= 0.3 is 0 Å². The Labute approximate surface area is 137 Å². The predicted molar refractivity (Wildman–Crippen MR) is 83.3 cm³/mol. The van der Waals surface area contributed by atoms with Crippen LogP contribution >= 0.6 is 23.4 Å². The summed E-state index contributed by atoms with van der Waals surface area (Å²) in [6.45, 7) is 1.43. The molecule has 0 saturated carbocycles. The highest BCUT2D eigenvalue weighted by atomic mass is 35.5. The number of nitrogens with zero attached hydrogens (tertiary/aromatic N) is 4. The lowest BCUT2D eigenvalue weighted by Gasteiger charge is -2.09. The van der Waals surface area contributed by atoms with Crippen molar-refractivity contribution in [3.8, 4) is 0 Å². The van der Waals surface area contributed by atoms with Gasteiger partial charge in [0.05, 0.1) is 18.4 Å². The van der Waals surface area contributed by atoms with Gasteiger partial charge in [-0.25, -0.2) is 4.68 Å². The Kier molecular flexibility index (Phi) is 5.07. The van der Waals surface area contributed by atoms with Gasteiger partial charge in [0.2, 0.25) is 5.16 Å². The third-order valence-corrected chi connectivity index (χ3v) is 4.61. The molecule has 0 N–H and O–H groups in total. The Balaban J connectivity index is 1.58. The number of carbonyl (C=O) groups is 1. The third-order valence-electron chi connectivity index (χ3n) is 3.40. The van der Waals surface area contributed by atoms with Crippen molar-refractivity contribution in [3.05, 3.63) is 34.9 Å². The van der Waals surface area contributed by atoms with Gasteiger partial charge in [0.25, 0.3) is 0 Å². The maximum atomic E-state index is 12.1. The van der Waals surface area contributed by atoms with Gasteiger partial charge in [-0.15, -0.1) is 5.10 Å². The zero-order valence-corrected chi connectivity index (χ0v) is 13.4. The van der Waals surface area contributed by atoms with Crippen LogP contribution in [0.4, 0.5) is 0 Å². The largest absolute Gasteiger partial charge is 0.376 e. The molecule has 1 saturated heterocycles. The van der Waals surface area contributed by atoms with Crippen LogP contribution in [0.5, 0.6) is 0 Å². The Morgan fingerprint density at radius 2 is 2.23 bits per heavy atom. The number of carbonyl (C=O) groups excluding carboxylic acids is 1. The Bertz CT molecular complexity index is 641. The molecule has 1 aliphatic heterocycles. The van der Waals surface area contributed by atoms with E-state index in [2.05, 4.69) is 15.5 Å². The Hall–Kier alpha value is -1.44. The second kappa shape index (κ2) is 7.21. The smallest absolute Gasteiger partial charge is 0.209 e. The van der Waals surface area contributed by atoms with E-state index in [1.165, 1.54) is 11.8 Å². The number of rotatable bonds is 6. The van der Waals surface area contributed by atoms with E-state index < -0.39 is 0 Å². The van der Waals surface area contributed by atoms with Crippen molar-refractivity contribution in [2.45, 2.75) is 30.6 Å². The zero-order chi connectivity index (χ0) is 15.4. The molecule has 2 aromatic rings. The summed E-state index contributed by atoms with van der Waals surface area (Å²) in [6.07, 6.45) is 2.26. The highest BCUT2D eigenvalue weighted by molar-refractivity contribution is 7.99. The molecule has 1 unspecified atom stereocenters. The van der Waals surface area contributed by atoms with Gasteiger partial charge in [0, 0.05) is 17.2 Å². The quantitative estimate of drug-likeness (QED) is 0.595. The van der Waals surface area contributed by atoms with Crippen molar-refractivity contribution < 1.29 is 9.53 Å². The van der Waals surface area contributed by atoms with E-state index in [9.17, 15) is 4.79 Å². The summed E-state index contributed by atoms with van der Waals surface area (Å²) in [4.78, 5) is 12.1. The summed E-state index contributed by atoms with van der Waals surface area (Å²) in [5.74, 6) is 0.307. The van der Waals surface area contributed by atoms with Gasteiger partial charge in [-0.2, -0.15) is 0 Å². The number of Topliss-reactive ketones (excluding diaryl/α,β-unsaturated/α-hetero) is 1. The molecule has 0 spiro atoms. The number of benzene rings is 1. The molecule has 1 aliphatic rings. The SMILES string of the molecule is O=C(CSc1nnnn1CC1CCCO1)c1ccc(Cl)cc1. The van der Waals surface area contributed by atoms with Crippen LogP contribution in [0, 0.1) is 0 Å². The van der Waals surface area contributed by atoms with Crippen molar-refractivity contribution in [1.82, 2.24) is 20.2 Å². The summed E-state index contributed by atoms with van der Waals surface area (Å²) >= 11 is 7.15. The molecule has 22 heavy (non-hydrogen) atoms. The highest BCUT2D eigenvalue weighted by Gasteiger charge is 2.19. The Morgan fingerprint density at radius 1 is 1.41 bits per heavy atom. The molecule has 2 heterocycles. The minimum atomic E-state index is 0.0216. The van der Waals surface area contributed by atoms with Crippen LogP contribution in [0.25, 0.3) is 0 Å². The summed E-state index contributed by atoms with van der Waals surface area (Å²) in [7, 11) is 0. The lowest BCUT2D eigenvalue weighted by atomic mass is 10.1. The molecule has 1 aromatic heterocycles. The summed E-state index contributed by atoms with van der Waals surface area (Å²) < 4.78 is 7.29. The number of hydrogen-bond donors (Lipinski definition) is 0. The molecule has 0 aliphatic carbocycles. The van der Waals surface area contributed by atoms with E-state index in [0.717, 1.165) is 19.4 Å². The topological polar surface area (TPSA) is 69.9 Å². The predicted octanol–water partition coefficient (Wildman–Crippen LogP) is 2.48. The van der Waals surface area contributed by atoms with E-state index >= 15 is 0 Å². The fraction of sp³-hybridized carbons (Fsp3) is 0.429. The number of thioether (sulfide) groups is 1. The molecule has 0 bridgehead atoms. The van der Waals surface area contributed by atoms with Crippen LogP contribution in [-0.4, -0.2) is 44.5 Å². The van der Waals surface area contributed by atoms with E-state index in [0.29, 0.717) is 22.3 Å². The molecule has 116 valence electrons. The molecular formula is C14H15ClN4O2S. The van der Waals surface area contributed by atoms with E-state index in [4.69, 9.17) is 16.3 Å². The summed E-state index contributed by atoms with van der Waals surface area (Å²) in [5, 5.41) is 12.9. The molecule has 3 rings (SSSR count). The van der Waals surface area contributed by atoms with Crippen molar-refractivity contribution in [1.29, 1.82) is 0 Å². The van der Waals surface area contributed by atoms with Crippen LogP contribution in [0.3, 0.4) is 0 Å². The second-order valence-corrected chi connectivity index (χ2v) is 6.38. The van der Waals surface area contributed by atoms with Gasteiger partial charge < -0.3 is 4.74 Å². The Morgan fingerprint density at radius 3 is 2.95 bits per heavy atom. The fourth-order valence-corrected chi connectivity index (χ4v) is 3.15. The van der Waals surface area contributed by atoms with Crippen molar-refractivity contribution >= 4 is 29.1 Å². The van der Waals surface area contributed by atoms with Gasteiger partial charge in [-0.1, -0.05) is 23.4 Å². The average Bonchev–Trinajstić information content (AvgIpc) is 3.18. The first-order valence-electron chi connectivity index (χ1n) is 7.02. The van der Waals surface area contributed by atoms with Crippen molar-refractivity contribution in [2.75, 3.05) is 12.4 Å². The minimum absolute atomic E-state index is 0.0216. The van der Waals surface area contributed by atoms with E-state index in [1.807, 2.05) is 0 Å². The van der Waals surface area contributed by atoms with Crippen LogP contribution in [0.1, 0.15) is 23.2 Å². The average molecular weight is 339 g/mol. The molecule has 0 amide bonds. The second-order valence-electron chi connectivity index (χ2n) is 5.00. The third kappa shape index (κ3) is 3.85. The van der Waals surface area contributed by atoms with Gasteiger partial charge in [-0.05, 0) is 47.5 Å². The van der Waals surface area contributed by atoms with Crippen molar-refractivity contribution in [3.63, 3.8) is 0 Å². The molecular weight excluding hydrogens is 324 g/mol. The number of ether oxygens (including phenoxy) is 1. The molecule has 0 radical (unpaired) electrons. The number of hydrogen-bond acceptors (Lipinski definition) is 6. The highest BCUT2D eigenvalue weighted by Crippen LogP contribution is 2.20. The molecule has 1 aromatic carbocycles. The van der Waals surface area contributed by atoms with Gasteiger partial charge in [-0.3, -0.25) is 4.79 Å². The van der Waals surface area contributed by atoms with Gasteiger partial charge in [0.1, 0.15) is 0 Å². The fourth-order valence-electron chi connectivity index (χ4n) is 2.24. The summed E-state index contributed by atoms with van der Waals surface area (Å²) in [6, 6.07) is 6.86. The van der Waals surface area contributed by atoms with E-state index in [1.54, 1.807) is 28.9 Å². The number of halogens is 1. The molecule has 1 fully saturated rings. The first kappa shape index (κ1) is 15.5. The van der Waals surface area contributed by atoms with Gasteiger partial charge in [0.15, 0.2) is 5.78 Å². The minimum Gasteiger partial charge on any atom is -0.376 e. The van der Waals surface area contributed by atoms with Crippen LogP contribution in [-0.2, 0) is 11.3 Å². The molecule has 1 atom stereocenters. The lowest BCUT2D eigenvalue weighted by molar-refractivity contribution is 0.0912. The van der Waals surface area contributed by atoms with Crippen molar-refractivity contribution in [2.24, 2.45) is 0 Å². The standard InChI is InChI=1S/C14H15ClN4O2S/c15-11-5-3-10(4-6-11)13(20)9-22-14-16-17-18-19(14)8-12-2-1-7-21-12/h3-6,12H,1-2,7-9H2. The van der Waals surface area contributed by atoms with Crippen LogP contribution in [0.2, 0.25) is 5.02 Å². The maximum absolute atomic E-state index is 12.1. The number of tetrazole rings is 1. The maximum Gasteiger partial charge on any atom is 0.209 e.